The molecular weight excluding hydrogens is 308 g/mol. The first-order valence-electron chi connectivity index (χ1n) is 10.2. The van der Waals surface area contributed by atoms with Gasteiger partial charge in [-0.05, 0) is 41.7 Å². The molecule has 0 heterocycles. The lowest BCUT2D eigenvalue weighted by Crippen LogP contribution is -2.38. The van der Waals surface area contributed by atoms with Crippen LogP contribution in [-0.2, 0) is 15.9 Å². The highest BCUT2D eigenvalue weighted by Crippen LogP contribution is 2.39. The molecule has 25 heavy (non-hydrogen) atoms. The van der Waals surface area contributed by atoms with Gasteiger partial charge in [-0.3, -0.25) is 0 Å². The molecule has 1 aliphatic carbocycles. The second-order valence-corrected chi connectivity index (χ2v) is 8.09. The smallest absolute Gasteiger partial charge is 0.167 e. The summed E-state index contributed by atoms with van der Waals surface area (Å²) in [6.07, 6.45) is 9.93. The number of hydrogen-bond acceptors (Lipinski definition) is 2. The van der Waals surface area contributed by atoms with Crippen LogP contribution >= 0.6 is 0 Å². The van der Waals surface area contributed by atoms with E-state index in [1.807, 2.05) is 0 Å². The molecular formula is C23H38O2. The van der Waals surface area contributed by atoms with Crippen molar-refractivity contribution in [2.45, 2.75) is 83.8 Å². The standard InChI is InChI=1S/C23H38O2/c1-6-23(24-4,25-5)17-21(19-12-8-7-9-13-19)16-20-14-10-11-15-22(20)18(2)3/h10-11,14-15,18-19,21H,6-9,12-13,16-17H2,1-5H3. The van der Waals surface area contributed by atoms with E-state index in [1.165, 1.54) is 43.2 Å². The second-order valence-electron chi connectivity index (χ2n) is 8.09. The fourth-order valence-corrected chi connectivity index (χ4v) is 4.66. The van der Waals surface area contributed by atoms with Crippen molar-refractivity contribution >= 4 is 0 Å². The molecule has 1 fully saturated rings. The van der Waals surface area contributed by atoms with E-state index in [-0.39, 0.29) is 0 Å². The van der Waals surface area contributed by atoms with Crippen LogP contribution in [0.3, 0.4) is 0 Å². The van der Waals surface area contributed by atoms with Gasteiger partial charge in [0.2, 0.25) is 0 Å². The summed E-state index contributed by atoms with van der Waals surface area (Å²) in [6, 6.07) is 9.00. The fraction of sp³-hybridized carbons (Fsp3) is 0.739. The van der Waals surface area contributed by atoms with Gasteiger partial charge in [0.05, 0.1) is 0 Å². The van der Waals surface area contributed by atoms with E-state index >= 15 is 0 Å². The number of hydrogen-bond donors (Lipinski definition) is 0. The molecule has 1 atom stereocenters. The lowest BCUT2D eigenvalue weighted by molar-refractivity contribution is -0.221. The first-order chi connectivity index (χ1) is 12.0. The molecule has 0 spiro atoms. The van der Waals surface area contributed by atoms with Crippen LogP contribution in [0.1, 0.15) is 82.8 Å². The summed E-state index contributed by atoms with van der Waals surface area (Å²) in [4.78, 5) is 0. The van der Waals surface area contributed by atoms with Crippen molar-refractivity contribution in [2.24, 2.45) is 11.8 Å². The Morgan fingerprint density at radius 2 is 1.68 bits per heavy atom. The van der Waals surface area contributed by atoms with Gasteiger partial charge in [-0.15, -0.1) is 0 Å². The summed E-state index contributed by atoms with van der Waals surface area (Å²) in [7, 11) is 3.60. The number of methoxy groups -OCH3 is 2. The van der Waals surface area contributed by atoms with E-state index < -0.39 is 5.79 Å². The largest absolute Gasteiger partial charge is 0.353 e. The van der Waals surface area contributed by atoms with Gasteiger partial charge in [0.25, 0.3) is 0 Å². The zero-order chi connectivity index (χ0) is 18.3. The van der Waals surface area contributed by atoms with Crippen molar-refractivity contribution in [2.75, 3.05) is 14.2 Å². The molecule has 0 aliphatic heterocycles. The van der Waals surface area contributed by atoms with Crippen LogP contribution in [0.2, 0.25) is 0 Å². The maximum atomic E-state index is 5.85. The summed E-state index contributed by atoms with van der Waals surface area (Å²) >= 11 is 0. The Labute approximate surface area is 155 Å². The molecule has 1 saturated carbocycles. The quantitative estimate of drug-likeness (QED) is 0.486. The molecule has 0 radical (unpaired) electrons. The van der Waals surface area contributed by atoms with Gasteiger partial charge in [-0.2, -0.15) is 0 Å². The molecule has 0 bridgehead atoms. The summed E-state index contributed by atoms with van der Waals surface area (Å²) < 4.78 is 11.7. The van der Waals surface area contributed by atoms with E-state index in [0.29, 0.717) is 11.8 Å². The minimum atomic E-state index is -0.436. The van der Waals surface area contributed by atoms with Crippen molar-refractivity contribution in [3.8, 4) is 0 Å². The third kappa shape index (κ3) is 5.31. The van der Waals surface area contributed by atoms with Crippen molar-refractivity contribution in [3.63, 3.8) is 0 Å². The maximum Gasteiger partial charge on any atom is 0.167 e. The third-order valence-electron chi connectivity index (χ3n) is 6.33. The zero-order valence-corrected chi connectivity index (χ0v) is 17.0. The molecule has 0 amide bonds. The molecule has 2 rings (SSSR count). The van der Waals surface area contributed by atoms with Crippen molar-refractivity contribution in [1.82, 2.24) is 0 Å². The Kier molecular flexibility index (Phi) is 7.96. The minimum Gasteiger partial charge on any atom is -0.353 e. The van der Waals surface area contributed by atoms with Crippen LogP contribution in [0.5, 0.6) is 0 Å². The van der Waals surface area contributed by atoms with Gasteiger partial charge >= 0.3 is 0 Å². The molecule has 0 saturated heterocycles. The second kappa shape index (κ2) is 9.73. The monoisotopic (exact) mass is 346 g/mol. The highest BCUT2D eigenvalue weighted by atomic mass is 16.7. The van der Waals surface area contributed by atoms with Crippen molar-refractivity contribution in [1.29, 1.82) is 0 Å². The third-order valence-corrected chi connectivity index (χ3v) is 6.33. The van der Waals surface area contributed by atoms with Crippen LogP contribution in [0.15, 0.2) is 24.3 Å². The van der Waals surface area contributed by atoms with E-state index in [0.717, 1.165) is 25.2 Å². The highest BCUT2D eigenvalue weighted by Gasteiger charge is 2.35. The highest BCUT2D eigenvalue weighted by molar-refractivity contribution is 5.30. The molecule has 2 nitrogen and oxygen atoms in total. The topological polar surface area (TPSA) is 18.5 Å². The molecule has 0 aromatic heterocycles. The van der Waals surface area contributed by atoms with E-state index in [2.05, 4.69) is 45.0 Å². The number of benzene rings is 1. The van der Waals surface area contributed by atoms with E-state index in [9.17, 15) is 0 Å². The number of rotatable bonds is 9. The predicted molar refractivity (Wildman–Crippen MR) is 106 cm³/mol. The van der Waals surface area contributed by atoms with Crippen molar-refractivity contribution in [3.05, 3.63) is 35.4 Å². The average molecular weight is 347 g/mol. The molecule has 142 valence electrons. The van der Waals surface area contributed by atoms with Gasteiger partial charge in [-0.1, -0.05) is 77.1 Å². The normalized spacial score (nSPS) is 17.8. The molecule has 1 aromatic rings. The van der Waals surface area contributed by atoms with Crippen LogP contribution in [0, 0.1) is 11.8 Å². The lowest BCUT2D eigenvalue weighted by Gasteiger charge is -2.38. The van der Waals surface area contributed by atoms with Gasteiger partial charge < -0.3 is 9.47 Å². The lowest BCUT2D eigenvalue weighted by atomic mass is 9.73. The SMILES string of the molecule is CCC(CC(Cc1ccccc1C(C)C)C1CCCCC1)(OC)OC. The maximum absolute atomic E-state index is 5.85. The van der Waals surface area contributed by atoms with Crippen molar-refractivity contribution < 1.29 is 9.47 Å². The Hall–Kier alpha value is -0.860. The van der Waals surface area contributed by atoms with Crippen LogP contribution in [0.25, 0.3) is 0 Å². The van der Waals surface area contributed by atoms with Gasteiger partial charge in [-0.25, -0.2) is 0 Å². The van der Waals surface area contributed by atoms with Gasteiger partial charge in [0.1, 0.15) is 0 Å². The Balaban J connectivity index is 2.25. The molecule has 2 heteroatoms. The summed E-state index contributed by atoms with van der Waals surface area (Å²) in [5.41, 5.74) is 3.02. The zero-order valence-electron chi connectivity index (χ0n) is 17.0. The van der Waals surface area contributed by atoms with Crippen LogP contribution < -0.4 is 0 Å². The van der Waals surface area contributed by atoms with Gasteiger partial charge in [0.15, 0.2) is 5.79 Å². The Bertz CT molecular complexity index is 490. The fourth-order valence-electron chi connectivity index (χ4n) is 4.66. The van der Waals surface area contributed by atoms with E-state index in [4.69, 9.17) is 9.47 Å². The van der Waals surface area contributed by atoms with E-state index in [1.54, 1.807) is 14.2 Å². The van der Waals surface area contributed by atoms with Crippen LogP contribution in [-0.4, -0.2) is 20.0 Å². The summed E-state index contributed by atoms with van der Waals surface area (Å²) in [5.74, 6) is 1.56. The molecule has 1 unspecified atom stereocenters. The first kappa shape index (κ1) is 20.5. The minimum absolute atomic E-state index is 0.436. The molecule has 1 aromatic carbocycles. The Morgan fingerprint density at radius 1 is 1.04 bits per heavy atom. The predicted octanol–water partition coefficient (Wildman–Crippen LogP) is 6.34. The van der Waals surface area contributed by atoms with Crippen LogP contribution in [0.4, 0.5) is 0 Å². The summed E-state index contributed by atoms with van der Waals surface area (Å²) in [6.45, 7) is 6.77. The number of ether oxygens (including phenoxy) is 2. The first-order valence-corrected chi connectivity index (χ1v) is 10.2. The molecule has 1 aliphatic rings. The Morgan fingerprint density at radius 3 is 2.24 bits per heavy atom. The summed E-state index contributed by atoms with van der Waals surface area (Å²) in [5, 5.41) is 0. The molecule has 0 N–H and O–H groups in total. The average Bonchev–Trinajstić information content (AvgIpc) is 2.66. The van der Waals surface area contributed by atoms with Gasteiger partial charge in [0, 0.05) is 20.6 Å².